The molecule has 2 atom stereocenters. The van der Waals surface area contributed by atoms with E-state index in [1.807, 2.05) is 13.8 Å². The number of halogens is 1. The van der Waals surface area contributed by atoms with Crippen LogP contribution in [0.3, 0.4) is 0 Å². The van der Waals surface area contributed by atoms with Crippen LogP contribution in [0.25, 0.3) is 0 Å². The third kappa shape index (κ3) is 1.38. The summed E-state index contributed by atoms with van der Waals surface area (Å²) in [4.78, 5) is 2.24. The molecule has 0 aromatic carbocycles. The van der Waals surface area contributed by atoms with Gasteiger partial charge in [0, 0.05) is 13.1 Å². The normalized spacial score (nSPS) is 39.2. The molecule has 0 amide bonds. The second kappa shape index (κ2) is 3.21. The second-order valence-corrected chi connectivity index (χ2v) is 4.46. The summed E-state index contributed by atoms with van der Waals surface area (Å²) in [5.74, 6) is 0. The SMILES string of the molecule is CC(C)OC[C@]12CCN1CC[C@H]2F. The summed E-state index contributed by atoms with van der Waals surface area (Å²) in [6.45, 7) is 6.56. The molecule has 0 aromatic heterocycles. The Bertz CT molecular complexity index is 189. The highest BCUT2D eigenvalue weighted by Gasteiger charge is 2.55. The van der Waals surface area contributed by atoms with Crippen LogP contribution in [0, 0.1) is 0 Å². The molecule has 0 radical (unpaired) electrons. The van der Waals surface area contributed by atoms with Gasteiger partial charge in [0.2, 0.25) is 0 Å². The van der Waals surface area contributed by atoms with Crippen molar-refractivity contribution in [2.24, 2.45) is 0 Å². The first-order chi connectivity index (χ1) is 6.15. The lowest BCUT2D eigenvalue weighted by atomic mass is 9.84. The first-order valence-electron chi connectivity index (χ1n) is 5.16. The molecular formula is C10H18FNO. The Morgan fingerprint density at radius 3 is 2.77 bits per heavy atom. The maximum absolute atomic E-state index is 13.6. The van der Waals surface area contributed by atoms with E-state index in [2.05, 4.69) is 4.90 Å². The predicted octanol–water partition coefficient (Wildman–Crippen LogP) is 1.60. The van der Waals surface area contributed by atoms with Crippen LogP contribution in [0.5, 0.6) is 0 Å². The average molecular weight is 187 g/mol. The minimum Gasteiger partial charge on any atom is -0.377 e. The lowest BCUT2D eigenvalue weighted by Gasteiger charge is -2.49. The minimum absolute atomic E-state index is 0.213. The molecule has 0 aromatic rings. The Balaban J connectivity index is 1.94. The minimum atomic E-state index is -0.667. The highest BCUT2D eigenvalue weighted by Crippen LogP contribution is 2.42. The molecule has 2 nitrogen and oxygen atoms in total. The van der Waals surface area contributed by atoms with Gasteiger partial charge in [0.1, 0.15) is 6.17 Å². The Kier molecular flexibility index (Phi) is 2.32. The van der Waals surface area contributed by atoms with Crippen molar-refractivity contribution in [3.8, 4) is 0 Å². The van der Waals surface area contributed by atoms with Crippen molar-refractivity contribution in [3.05, 3.63) is 0 Å². The van der Waals surface area contributed by atoms with E-state index in [0.29, 0.717) is 13.0 Å². The van der Waals surface area contributed by atoms with Crippen LogP contribution < -0.4 is 0 Å². The molecule has 13 heavy (non-hydrogen) atoms. The van der Waals surface area contributed by atoms with E-state index >= 15 is 0 Å². The Morgan fingerprint density at radius 1 is 1.54 bits per heavy atom. The number of nitrogens with zero attached hydrogens (tertiary/aromatic N) is 1. The summed E-state index contributed by atoms with van der Waals surface area (Å²) in [6.07, 6.45) is 1.21. The summed E-state index contributed by atoms with van der Waals surface area (Å²) in [6, 6.07) is 0. The molecule has 0 unspecified atom stereocenters. The van der Waals surface area contributed by atoms with Gasteiger partial charge in [0.05, 0.1) is 18.2 Å². The maximum atomic E-state index is 13.6. The molecule has 2 saturated heterocycles. The van der Waals surface area contributed by atoms with Crippen LogP contribution in [0.15, 0.2) is 0 Å². The molecule has 0 spiro atoms. The van der Waals surface area contributed by atoms with Gasteiger partial charge in [-0.3, -0.25) is 4.90 Å². The van der Waals surface area contributed by atoms with Crippen LogP contribution in [-0.4, -0.2) is 42.4 Å². The van der Waals surface area contributed by atoms with E-state index in [4.69, 9.17) is 4.74 Å². The molecule has 76 valence electrons. The summed E-state index contributed by atoms with van der Waals surface area (Å²) >= 11 is 0. The van der Waals surface area contributed by atoms with Gasteiger partial charge >= 0.3 is 0 Å². The second-order valence-electron chi connectivity index (χ2n) is 4.46. The molecule has 2 aliphatic heterocycles. The molecular weight excluding hydrogens is 169 g/mol. The molecule has 0 bridgehead atoms. The van der Waals surface area contributed by atoms with Gasteiger partial charge in [-0.2, -0.15) is 0 Å². The number of alkyl halides is 1. The fraction of sp³-hybridized carbons (Fsp3) is 1.00. The maximum Gasteiger partial charge on any atom is 0.122 e. The van der Waals surface area contributed by atoms with Crippen LogP contribution in [-0.2, 0) is 4.74 Å². The first kappa shape index (κ1) is 9.41. The average Bonchev–Trinajstić information content (AvgIpc) is 2.21. The van der Waals surface area contributed by atoms with Gasteiger partial charge in [0.25, 0.3) is 0 Å². The van der Waals surface area contributed by atoms with Gasteiger partial charge in [-0.25, -0.2) is 4.39 Å². The molecule has 0 saturated carbocycles. The molecule has 0 N–H and O–H groups in total. The summed E-state index contributed by atoms with van der Waals surface area (Å²) in [5, 5.41) is 0. The standard InChI is InChI=1S/C10H18FNO/c1-8(2)13-7-10-4-6-12(10)5-3-9(10)11/h8-9H,3-7H2,1-2H3/t9-,10+/m1/s1. The van der Waals surface area contributed by atoms with Gasteiger partial charge in [-0.15, -0.1) is 0 Å². The fourth-order valence-electron chi connectivity index (χ4n) is 2.35. The molecule has 2 aliphatic rings. The van der Waals surface area contributed by atoms with Crippen molar-refractivity contribution in [2.45, 2.75) is 44.5 Å². The zero-order chi connectivity index (χ0) is 9.47. The van der Waals surface area contributed by atoms with Crippen LogP contribution >= 0.6 is 0 Å². The van der Waals surface area contributed by atoms with Crippen molar-refractivity contribution in [2.75, 3.05) is 19.7 Å². The first-order valence-corrected chi connectivity index (χ1v) is 5.16. The summed E-state index contributed by atoms with van der Waals surface area (Å²) in [5.41, 5.74) is -0.232. The smallest absolute Gasteiger partial charge is 0.122 e. The Morgan fingerprint density at radius 2 is 2.31 bits per heavy atom. The fourth-order valence-corrected chi connectivity index (χ4v) is 2.35. The zero-order valence-electron chi connectivity index (χ0n) is 8.42. The van der Waals surface area contributed by atoms with E-state index in [0.717, 1.165) is 19.5 Å². The summed E-state index contributed by atoms with van der Waals surface area (Å²) < 4.78 is 19.1. The topological polar surface area (TPSA) is 12.5 Å². The van der Waals surface area contributed by atoms with Gasteiger partial charge in [-0.1, -0.05) is 0 Å². The molecule has 3 heteroatoms. The van der Waals surface area contributed by atoms with Crippen molar-refractivity contribution in [1.29, 1.82) is 0 Å². The molecule has 2 rings (SSSR count). The van der Waals surface area contributed by atoms with Gasteiger partial charge in [-0.05, 0) is 26.7 Å². The van der Waals surface area contributed by atoms with E-state index in [1.54, 1.807) is 0 Å². The molecule has 2 fully saturated rings. The zero-order valence-corrected chi connectivity index (χ0v) is 8.42. The van der Waals surface area contributed by atoms with Gasteiger partial charge in [0.15, 0.2) is 0 Å². The number of fused-ring (bicyclic) bond motifs is 1. The van der Waals surface area contributed by atoms with E-state index in [1.165, 1.54) is 0 Å². The van der Waals surface area contributed by atoms with Crippen LogP contribution in [0.1, 0.15) is 26.7 Å². The largest absolute Gasteiger partial charge is 0.377 e. The number of ether oxygens (including phenoxy) is 1. The van der Waals surface area contributed by atoms with Crippen molar-refractivity contribution in [1.82, 2.24) is 4.90 Å². The molecule has 0 aliphatic carbocycles. The number of hydrogen-bond acceptors (Lipinski definition) is 2. The van der Waals surface area contributed by atoms with Crippen LogP contribution in [0.2, 0.25) is 0 Å². The third-order valence-corrected chi connectivity index (χ3v) is 3.35. The lowest BCUT2D eigenvalue weighted by Crippen LogP contribution is -2.62. The van der Waals surface area contributed by atoms with Crippen molar-refractivity contribution < 1.29 is 9.13 Å². The molecule has 2 heterocycles. The quantitative estimate of drug-likeness (QED) is 0.665. The number of hydrogen-bond donors (Lipinski definition) is 0. The Hall–Kier alpha value is -0.150. The highest BCUT2D eigenvalue weighted by molar-refractivity contribution is 5.09. The summed E-state index contributed by atoms with van der Waals surface area (Å²) in [7, 11) is 0. The van der Waals surface area contributed by atoms with E-state index in [9.17, 15) is 4.39 Å². The monoisotopic (exact) mass is 187 g/mol. The number of rotatable bonds is 3. The van der Waals surface area contributed by atoms with Crippen molar-refractivity contribution >= 4 is 0 Å². The van der Waals surface area contributed by atoms with Crippen molar-refractivity contribution in [3.63, 3.8) is 0 Å². The van der Waals surface area contributed by atoms with Crippen LogP contribution in [0.4, 0.5) is 4.39 Å². The lowest BCUT2D eigenvalue weighted by molar-refractivity contribution is -0.0902. The van der Waals surface area contributed by atoms with Gasteiger partial charge < -0.3 is 4.74 Å². The third-order valence-electron chi connectivity index (χ3n) is 3.35. The van der Waals surface area contributed by atoms with E-state index in [-0.39, 0.29) is 11.6 Å². The van der Waals surface area contributed by atoms with E-state index < -0.39 is 6.17 Å². The predicted molar refractivity (Wildman–Crippen MR) is 49.5 cm³/mol. The highest BCUT2D eigenvalue weighted by atomic mass is 19.1. The Labute approximate surface area is 79.1 Å².